The van der Waals surface area contributed by atoms with Crippen molar-refractivity contribution in [2.45, 2.75) is 32.4 Å². The molecule has 1 aromatic carbocycles. The number of carbonyl (C=O) groups excluding carboxylic acids is 2. The largest absolute Gasteiger partial charge is 0.389 e. The molecule has 6 nitrogen and oxygen atoms in total. The van der Waals surface area contributed by atoms with Gasteiger partial charge in [0.1, 0.15) is 6.04 Å². The number of anilines is 2. The van der Waals surface area contributed by atoms with Crippen molar-refractivity contribution in [3.8, 4) is 0 Å². The Bertz CT molecular complexity index is 598. The van der Waals surface area contributed by atoms with Crippen LogP contribution in [0.3, 0.4) is 0 Å². The summed E-state index contributed by atoms with van der Waals surface area (Å²) < 4.78 is 0. The van der Waals surface area contributed by atoms with E-state index in [9.17, 15) is 14.7 Å². The van der Waals surface area contributed by atoms with E-state index in [0.717, 1.165) is 12.1 Å². The summed E-state index contributed by atoms with van der Waals surface area (Å²) in [7, 11) is 0. The van der Waals surface area contributed by atoms with Crippen LogP contribution in [0.2, 0.25) is 0 Å². The van der Waals surface area contributed by atoms with E-state index in [0.29, 0.717) is 18.8 Å². The predicted octanol–water partition coefficient (Wildman–Crippen LogP) is 1.66. The second-order valence-electron chi connectivity index (χ2n) is 6.05. The number of para-hydroxylation sites is 2. The van der Waals surface area contributed by atoms with Crippen LogP contribution >= 0.6 is 0 Å². The number of hydrogen-bond acceptors (Lipinski definition) is 3. The van der Waals surface area contributed by atoms with Gasteiger partial charge in [-0.15, -0.1) is 0 Å². The fraction of sp³-hybridized carbons (Fsp3) is 0.500. The van der Waals surface area contributed by atoms with Crippen molar-refractivity contribution >= 4 is 23.3 Å². The zero-order chi connectivity index (χ0) is 15.9. The van der Waals surface area contributed by atoms with E-state index >= 15 is 0 Å². The molecule has 6 heteroatoms. The Kier molecular flexibility index (Phi) is 3.78. The van der Waals surface area contributed by atoms with Crippen LogP contribution in [0.25, 0.3) is 0 Å². The Balaban J connectivity index is 1.99. The molecule has 3 rings (SSSR count). The van der Waals surface area contributed by atoms with Crippen molar-refractivity contribution in [1.82, 2.24) is 4.90 Å². The number of urea groups is 1. The Hall–Kier alpha value is -2.08. The Morgan fingerprint density at radius 2 is 2.09 bits per heavy atom. The van der Waals surface area contributed by atoms with Gasteiger partial charge in [-0.05, 0) is 18.1 Å². The normalized spacial score (nSPS) is 22.7. The molecule has 2 atom stereocenters. The highest BCUT2D eigenvalue weighted by Gasteiger charge is 2.43. The van der Waals surface area contributed by atoms with Crippen LogP contribution in [-0.4, -0.2) is 47.2 Å². The summed E-state index contributed by atoms with van der Waals surface area (Å²) in [5, 5.41) is 12.3. The third-order valence-electron chi connectivity index (χ3n) is 4.49. The molecule has 2 heterocycles. The molecule has 1 saturated heterocycles. The van der Waals surface area contributed by atoms with Crippen LogP contribution in [0.15, 0.2) is 24.3 Å². The van der Waals surface area contributed by atoms with Crippen molar-refractivity contribution in [1.29, 1.82) is 0 Å². The van der Waals surface area contributed by atoms with Crippen molar-refractivity contribution < 1.29 is 14.7 Å². The van der Waals surface area contributed by atoms with Crippen LogP contribution in [-0.2, 0) is 4.79 Å². The predicted molar refractivity (Wildman–Crippen MR) is 83.8 cm³/mol. The van der Waals surface area contributed by atoms with Gasteiger partial charge < -0.3 is 15.3 Å². The molecule has 2 N–H and O–H groups in total. The molecular weight excluding hydrogens is 282 g/mol. The second-order valence-corrected chi connectivity index (χ2v) is 6.05. The summed E-state index contributed by atoms with van der Waals surface area (Å²) in [4.78, 5) is 28.5. The molecule has 118 valence electrons. The number of likely N-dealkylation sites (tertiary alicyclic amines) is 1. The molecule has 0 aliphatic carbocycles. The maximum atomic E-state index is 12.8. The number of hydrogen-bond donors (Lipinski definition) is 2. The zero-order valence-corrected chi connectivity index (χ0v) is 12.8. The third kappa shape index (κ3) is 2.33. The van der Waals surface area contributed by atoms with Crippen LogP contribution in [0.1, 0.15) is 20.3 Å². The highest BCUT2D eigenvalue weighted by atomic mass is 16.3. The molecule has 0 bridgehead atoms. The number of carbonyl (C=O) groups is 2. The van der Waals surface area contributed by atoms with Gasteiger partial charge >= 0.3 is 6.03 Å². The highest BCUT2D eigenvalue weighted by Crippen LogP contribution is 2.36. The quantitative estimate of drug-likeness (QED) is 0.872. The second kappa shape index (κ2) is 5.61. The Labute approximate surface area is 129 Å². The number of rotatable bonds is 2. The van der Waals surface area contributed by atoms with E-state index in [1.807, 2.05) is 32.0 Å². The topological polar surface area (TPSA) is 72.9 Å². The minimum Gasteiger partial charge on any atom is -0.389 e. The third-order valence-corrected chi connectivity index (χ3v) is 4.49. The molecule has 3 amide bonds. The number of β-amino-alcohol motifs (C(OH)–C–C–N with tert-alkyl or cyclic N) is 1. The fourth-order valence-electron chi connectivity index (χ4n) is 2.99. The molecule has 2 aliphatic heterocycles. The molecule has 2 aliphatic rings. The number of benzene rings is 1. The first-order chi connectivity index (χ1) is 10.5. The van der Waals surface area contributed by atoms with Gasteiger partial charge in [-0.2, -0.15) is 0 Å². The van der Waals surface area contributed by atoms with E-state index in [1.165, 1.54) is 0 Å². The number of nitrogens with one attached hydrogen (secondary N) is 1. The van der Waals surface area contributed by atoms with Crippen LogP contribution in [0, 0.1) is 5.92 Å². The molecule has 0 spiro atoms. The van der Waals surface area contributed by atoms with E-state index in [-0.39, 0.29) is 17.9 Å². The van der Waals surface area contributed by atoms with Crippen LogP contribution in [0.5, 0.6) is 0 Å². The van der Waals surface area contributed by atoms with Crippen molar-refractivity contribution in [3.05, 3.63) is 24.3 Å². The Morgan fingerprint density at radius 1 is 1.41 bits per heavy atom. The van der Waals surface area contributed by atoms with E-state index < -0.39 is 12.1 Å². The van der Waals surface area contributed by atoms with Gasteiger partial charge in [0.2, 0.25) is 5.91 Å². The van der Waals surface area contributed by atoms with E-state index in [2.05, 4.69) is 5.32 Å². The first kappa shape index (κ1) is 14.8. The molecule has 1 fully saturated rings. The van der Waals surface area contributed by atoms with Crippen molar-refractivity contribution in [3.63, 3.8) is 0 Å². The van der Waals surface area contributed by atoms with Gasteiger partial charge in [0, 0.05) is 0 Å². The lowest BCUT2D eigenvalue weighted by Gasteiger charge is -2.45. The van der Waals surface area contributed by atoms with Crippen LogP contribution < -0.4 is 10.2 Å². The zero-order valence-electron chi connectivity index (χ0n) is 12.8. The standard InChI is InChI=1S/C16H21N3O3/c1-3-10(2)14-15(21)17-12-6-4-5-7-13(12)19(14)16(22)18-8-11(20)9-18/h4-7,10-11,14,20H,3,8-9H2,1-2H3,(H,17,21). The number of amides is 3. The summed E-state index contributed by atoms with van der Waals surface area (Å²) in [6, 6.07) is 6.60. The van der Waals surface area contributed by atoms with Crippen LogP contribution in [0.4, 0.5) is 16.2 Å². The first-order valence-electron chi connectivity index (χ1n) is 7.69. The summed E-state index contributed by atoms with van der Waals surface area (Å²) in [5.74, 6) is -0.106. The SMILES string of the molecule is CCC(C)C1C(=O)Nc2ccccc2N1C(=O)N1CC(O)C1. The average molecular weight is 303 g/mol. The molecule has 1 aromatic rings. The van der Waals surface area contributed by atoms with Crippen molar-refractivity contribution in [2.24, 2.45) is 5.92 Å². The van der Waals surface area contributed by atoms with E-state index in [1.54, 1.807) is 15.9 Å². The molecular formula is C16H21N3O3. The minimum absolute atomic E-state index is 0.0449. The average Bonchev–Trinajstić information content (AvgIpc) is 2.49. The maximum Gasteiger partial charge on any atom is 0.325 e. The molecule has 2 unspecified atom stereocenters. The van der Waals surface area contributed by atoms with Gasteiger partial charge in [0.15, 0.2) is 0 Å². The maximum absolute atomic E-state index is 12.8. The van der Waals surface area contributed by atoms with Gasteiger partial charge in [0.25, 0.3) is 0 Å². The van der Waals surface area contributed by atoms with Gasteiger partial charge in [0.05, 0.1) is 30.6 Å². The fourth-order valence-corrected chi connectivity index (χ4v) is 2.99. The number of fused-ring (bicyclic) bond motifs is 1. The number of nitrogens with zero attached hydrogens (tertiary/aromatic N) is 2. The lowest BCUT2D eigenvalue weighted by Crippen LogP contribution is -2.63. The molecule has 0 saturated carbocycles. The minimum atomic E-state index is -0.523. The van der Waals surface area contributed by atoms with Gasteiger partial charge in [-0.3, -0.25) is 9.69 Å². The lowest BCUT2D eigenvalue weighted by molar-refractivity contribution is -0.118. The van der Waals surface area contributed by atoms with Crippen molar-refractivity contribution in [2.75, 3.05) is 23.3 Å². The van der Waals surface area contributed by atoms with Gasteiger partial charge in [-0.1, -0.05) is 32.4 Å². The number of aliphatic hydroxyl groups is 1. The summed E-state index contributed by atoms with van der Waals surface area (Å²) in [5.41, 5.74) is 1.38. The monoisotopic (exact) mass is 303 g/mol. The molecule has 0 aromatic heterocycles. The summed E-state index contributed by atoms with van der Waals surface area (Å²) in [6.45, 7) is 4.64. The van der Waals surface area contributed by atoms with E-state index in [4.69, 9.17) is 0 Å². The van der Waals surface area contributed by atoms with Gasteiger partial charge in [-0.25, -0.2) is 4.79 Å². The molecule has 22 heavy (non-hydrogen) atoms. The molecule has 0 radical (unpaired) electrons. The number of aliphatic hydroxyl groups excluding tert-OH is 1. The summed E-state index contributed by atoms with van der Waals surface area (Å²) >= 11 is 0. The Morgan fingerprint density at radius 3 is 2.73 bits per heavy atom. The first-order valence-corrected chi connectivity index (χ1v) is 7.69. The summed E-state index contributed by atoms with van der Waals surface area (Å²) in [6.07, 6.45) is 0.340. The smallest absolute Gasteiger partial charge is 0.325 e. The highest BCUT2D eigenvalue weighted by molar-refractivity contribution is 6.11. The lowest BCUT2D eigenvalue weighted by atomic mass is 9.94.